The van der Waals surface area contributed by atoms with Crippen LogP contribution >= 0.6 is 35.0 Å². The lowest BCUT2D eigenvalue weighted by molar-refractivity contribution is -0.121. The fraction of sp³-hybridized carbons (Fsp3) is 0.125. The lowest BCUT2D eigenvalue weighted by atomic mass is 10.1. The summed E-state index contributed by atoms with van der Waals surface area (Å²) in [5.74, 6) is -0.798. The maximum absolute atomic E-state index is 12.1. The topological polar surface area (TPSA) is 58.2 Å². The molecule has 7 heteroatoms. The summed E-state index contributed by atoms with van der Waals surface area (Å²) in [7, 11) is 0. The fourth-order valence-electron chi connectivity index (χ4n) is 1.83. The van der Waals surface area contributed by atoms with Gasteiger partial charge < -0.3 is 0 Å². The molecule has 0 fully saturated rings. The summed E-state index contributed by atoms with van der Waals surface area (Å²) >= 11 is 13.3. The average Bonchev–Trinajstić information content (AvgIpc) is 2.55. The van der Waals surface area contributed by atoms with E-state index in [-0.39, 0.29) is 12.3 Å². The minimum absolute atomic E-state index is 0.135. The van der Waals surface area contributed by atoms with Crippen molar-refractivity contribution in [2.24, 2.45) is 0 Å². The molecule has 0 radical (unpaired) electrons. The minimum Gasteiger partial charge on any atom is -0.273 e. The lowest BCUT2D eigenvalue weighted by Gasteiger charge is -2.09. The van der Waals surface area contributed by atoms with Crippen LogP contribution in [0, 0.1) is 0 Å². The number of carbonyl (C=O) groups is 2. The largest absolute Gasteiger partial charge is 0.273 e. The maximum Gasteiger partial charge on any atom is 0.271 e. The zero-order chi connectivity index (χ0) is 16.8. The van der Waals surface area contributed by atoms with Crippen LogP contribution in [0.3, 0.4) is 0 Å². The number of rotatable bonds is 4. The molecule has 0 spiro atoms. The zero-order valence-electron chi connectivity index (χ0n) is 12.2. The summed E-state index contributed by atoms with van der Waals surface area (Å²) in [6, 6.07) is 12.1. The average molecular weight is 369 g/mol. The molecule has 0 saturated heterocycles. The van der Waals surface area contributed by atoms with Crippen LogP contribution in [0.2, 0.25) is 10.0 Å². The van der Waals surface area contributed by atoms with Crippen LogP contribution < -0.4 is 10.9 Å². The van der Waals surface area contributed by atoms with Crippen LogP contribution in [-0.4, -0.2) is 18.1 Å². The second kappa shape index (κ2) is 8.24. The number of benzene rings is 2. The molecule has 2 rings (SSSR count). The molecule has 0 aliphatic heterocycles. The predicted molar refractivity (Wildman–Crippen MR) is 94.0 cm³/mol. The van der Waals surface area contributed by atoms with Crippen molar-refractivity contribution in [3.8, 4) is 0 Å². The number of hydrogen-bond acceptors (Lipinski definition) is 3. The smallest absolute Gasteiger partial charge is 0.271 e. The van der Waals surface area contributed by atoms with Crippen molar-refractivity contribution in [2.45, 2.75) is 11.3 Å². The number of hydrogen-bond donors (Lipinski definition) is 2. The molecule has 2 amide bonds. The van der Waals surface area contributed by atoms with Gasteiger partial charge in [-0.15, -0.1) is 11.8 Å². The number of amides is 2. The Bertz CT molecular complexity index is 721. The predicted octanol–water partition coefficient (Wildman–Crippen LogP) is 3.72. The van der Waals surface area contributed by atoms with Crippen LogP contribution in [0.5, 0.6) is 0 Å². The molecule has 0 heterocycles. The molecule has 23 heavy (non-hydrogen) atoms. The highest BCUT2D eigenvalue weighted by Gasteiger charge is 2.12. The van der Waals surface area contributed by atoms with Gasteiger partial charge in [-0.05, 0) is 42.2 Å². The molecular formula is C16H14Cl2N2O2S. The minimum atomic E-state index is -0.463. The van der Waals surface area contributed by atoms with Crippen LogP contribution in [0.25, 0.3) is 0 Å². The first kappa shape index (κ1) is 17.7. The number of thioether (sulfide) groups is 1. The third kappa shape index (κ3) is 5.16. The second-order valence-electron chi connectivity index (χ2n) is 4.65. The lowest BCUT2D eigenvalue weighted by Crippen LogP contribution is -2.42. The summed E-state index contributed by atoms with van der Waals surface area (Å²) < 4.78 is 0. The first-order chi connectivity index (χ1) is 11.0. The first-order valence-corrected chi connectivity index (χ1v) is 8.65. The normalized spacial score (nSPS) is 10.2. The molecule has 0 aliphatic carbocycles. The molecule has 4 nitrogen and oxygen atoms in total. The van der Waals surface area contributed by atoms with E-state index in [1.54, 1.807) is 36.4 Å². The Morgan fingerprint density at radius 3 is 2.39 bits per heavy atom. The number of nitrogens with one attached hydrogen (secondary N) is 2. The van der Waals surface area contributed by atoms with Crippen molar-refractivity contribution >= 4 is 46.8 Å². The van der Waals surface area contributed by atoms with Crippen molar-refractivity contribution in [1.29, 1.82) is 0 Å². The van der Waals surface area contributed by atoms with Gasteiger partial charge in [0.2, 0.25) is 5.91 Å². The van der Waals surface area contributed by atoms with Gasteiger partial charge in [0.25, 0.3) is 5.91 Å². The number of carbonyl (C=O) groups excluding carboxylic acids is 2. The zero-order valence-corrected chi connectivity index (χ0v) is 14.6. The van der Waals surface area contributed by atoms with Crippen molar-refractivity contribution in [1.82, 2.24) is 10.9 Å². The van der Waals surface area contributed by atoms with E-state index < -0.39 is 5.91 Å². The second-order valence-corrected chi connectivity index (χ2v) is 6.37. The summed E-state index contributed by atoms with van der Waals surface area (Å²) in [6.45, 7) is 0. The van der Waals surface area contributed by atoms with E-state index in [0.29, 0.717) is 15.6 Å². The highest BCUT2D eigenvalue weighted by atomic mass is 35.5. The molecule has 2 aromatic carbocycles. The number of halogens is 2. The molecular weight excluding hydrogens is 355 g/mol. The fourth-order valence-corrected chi connectivity index (χ4v) is 2.60. The van der Waals surface area contributed by atoms with Crippen molar-refractivity contribution in [2.75, 3.05) is 6.26 Å². The van der Waals surface area contributed by atoms with Crippen LogP contribution in [0.15, 0.2) is 47.4 Å². The molecule has 0 aliphatic rings. The molecule has 120 valence electrons. The van der Waals surface area contributed by atoms with Crippen molar-refractivity contribution in [3.05, 3.63) is 63.6 Å². The van der Waals surface area contributed by atoms with Gasteiger partial charge in [-0.25, -0.2) is 0 Å². The van der Waals surface area contributed by atoms with E-state index in [2.05, 4.69) is 10.9 Å². The van der Waals surface area contributed by atoms with Gasteiger partial charge in [0.05, 0.1) is 17.0 Å². The Balaban J connectivity index is 1.93. The third-order valence-electron chi connectivity index (χ3n) is 3.01. The summed E-state index contributed by atoms with van der Waals surface area (Å²) in [5, 5.41) is 0.929. The van der Waals surface area contributed by atoms with E-state index in [9.17, 15) is 9.59 Å². The third-order valence-corrected chi connectivity index (χ3v) is 4.32. The highest BCUT2D eigenvalue weighted by molar-refractivity contribution is 7.98. The molecule has 0 atom stereocenters. The van der Waals surface area contributed by atoms with E-state index in [1.165, 1.54) is 11.8 Å². The van der Waals surface area contributed by atoms with Gasteiger partial charge in [-0.1, -0.05) is 35.3 Å². The van der Waals surface area contributed by atoms with Gasteiger partial charge >= 0.3 is 0 Å². The SMILES string of the molecule is CSc1ccc(Cl)c(C(=O)NNC(=O)Cc2ccc(Cl)cc2)c1. The van der Waals surface area contributed by atoms with Gasteiger partial charge in [-0.2, -0.15) is 0 Å². The van der Waals surface area contributed by atoms with E-state index in [0.717, 1.165) is 10.5 Å². The summed E-state index contributed by atoms with van der Waals surface area (Å²) in [4.78, 5) is 24.9. The summed E-state index contributed by atoms with van der Waals surface area (Å²) in [5.41, 5.74) is 5.84. The quantitative estimate of drug-likeness (QED) is 0.638. The molecule has 2 N–H and O–H groups in total. The Morgan fingerprint density at radius 1 is 1.04 bits per heavy atom. The molecule has 0 saturated carbocycles. The molecule has 0 bridgehead atoms. The van der Waals surface area contributed by atoms with Gasteiger partial charge in [0.1, 0.15) is 0 Å². The standard InChI is InChI=1S/C16H14Cl2N2O2S/c1-23-12-6-7-14(18)13(9-12)16(22)20-19-15(21)8-10-2-4-11(17)5-3-10/h2-7,9H,8H2,1H3,(H,19,21)(H,20,22). The Kier molecular flexibility index (Phi) is 6.33. The van der Waals surface area contributed by atoms with Crippen LogP contribution in [0.1, 0.15) is 15.9 Å². The van der Waals surface area contributed by atoms with Crippen LogP contribution in [0.4, 0.5) is 0 Å². The van der Waals surface area contributed by atoms with Gasteiger partial charge in [0, 0.05) is 9.92 Å². The summed E-state index contributed by atoms with van der Waals surface area (Å²) in [6.07, 6.45) is 2.04. The van der Waals surface area contributed by atoms with Crippen LogP contribution in [-0.2, 0) is 11.2 Å². The van der Waals surface area contributed by atoms with E-state index >= 15 is 0 Å². The monoisotopic (exact) mass is 368 g/mol. The first-order valence-electron chi connectivity index (χ1n) is 6.67. The Labute approximate surface area is 148 Å². The van der Waals surface area contributed by atoms with E-state index in [4.69, 9.17) is 23.2 Å². The van der Waals surface area contributed by atoms with Gasteiger partial charge in [-0.3, -0.25) is 20.4 Å². The molecule has 0 aromatic heterocycles. The van der Waals surface area contributed by atoms with Crippen molar-refractivity contribution in [3.63, 3.8) is 0 Å². The maximum atomic E-state index is 12.1. The Hall–Kier alpha value is -1.69. The van der Waals surface area contributed by atoms with Gasteiger partial charge in [0.15, 0.2) is 0 Å². The highest BCUT2D eigenvalue weighted by Crippen LogP contribution is 2.22. The Morgan fingerprint density at radius 2 is 1.74 bits per heavy atom. The number of hydrazine groups is 1. The molecule has 2 aromatic rings. The molecule has 0 unspecified atom stereocenters. The van der Waals surface area contributed by atoms with Crippen molar-refractivity contribution < 1.29 is 9.59 Å². The van der Waals surface area contributed by atoms with E-state index in [1.807, 2.05) is 12.3 Å².